The topological polar surface area (TPSA) is 30.7 Å². The number of rotatable bonds is 4. The maximum atomic E-state index is 5.12. The fraction of sp³-hybridized carbons (Fsp3) is 0.0417. The molecule has 0 spiro atoms. The van der Waals surface area contributed by atoms with Gasteiger partial charge in [0, 0.05) is 53.3 Å². The summed E-state index contributed by atoms with van der Waals surface area (Å²) < 4.78 is 5.24. The van der Waals surface area contributed by atoms with Gasteiger partial charge >= 0.3 is 0 Å². The van der Waals surface area contributed by atoms with Gasteiger partial charge in [-0.3, -0.25) is 0 Å². The number of thiophene rings is 1. The molecule has 3 aromatic heterocycles. The van der Waals surface area contributed by atoms with E-state index in [-0.39, 0.29) is 0 Å². The zero-order valence-electron chi connectivity index (χ0n) is 28.3. The molecule has 10 aromatic rings. The van der Waals surface area contributed by atoms with Crippen LogP contribution < -0.4 is 0 Å². The Kier molecular flexibility index (Phi) is 6.55. The summed E-state index contributed by atoms with van der Waals surface area (Å²) in [5.41, 5.74) is 11.5. The molecule has 0 amide bonds. The van der Waals surface area contributed by atoms with Crippen molar-refractivity contribution in [1.82, 2.24) is 14.5 Å². The summed E-state index contributed by atoms with van der Waals surface area (Å²) in [4.78, 5) is 10.1. The van der Waals surface area contributed by atoms with E-state index in [2.05, 4.69) is 144 Å². The molecule has 52 heavy (non-hydrogen) atoms. The van der Waals surface area contributed by atoms with Gasteiger partial charge in [-0.25, -0.2) is 9.97 Å². The van der Waals surface area contributed by atoms with E-state index in [1.807, 2.05) is 35.6 Å². The van der Waals surface area contributed by atoms with E-state index < -0.39 is 0 Å². The van der Waals surface area contributed by atoms with Crippen molar-refractivity contribution < 1.29 is 0 Å². The van der Waals surface area contributed by atoms with Crippen molar-refractivity contribution >= 4 is 70.2 Å². The van der Waals surface area contributed by atoms with Crippen LogP contribution >= 0.6 is 11.3 Å². The largest absolute Gasteiger partial charge is 0.309 e. The molecule has 7 aromatic carbocycles. The summed E-state index contributed by atoms with van der Waals surface area (Å²) in [5, 5.41) is 7.98. The van der Waals surface area contributed by atoms with Crippen molar-refractivity contribution in [2.75, 3.05) is 0 Å². The van der Waals surface area contributed by atoms with Gasteiger partial charge in [-0.15, -0.1) is 11.3 Å². The van der Waals surface area contributed by atoms with Crippen LogP contribution in [-0.4, -0.2) is 14.5 Å². The molecule has 3 nitrogen and oxygen atoms in total. The Hall–Kier alpha value is -6.36. The monoisotopic (exact) mass is 681 g/mol. The lowest BCUT2D eigenvalue weighted by Gasteiger charge is -2.16. The first kappa shape index (κ1) is 29.4. The standard InChI is InChI=1S/C48H31N3S/c1-3-14-31(15-4-1)39-29-40(50-48(49-39)33-16-5-2-6-17-33)32-23-26-34(27-24-32)51-41-28-25-30-13-7-8-18-35(30)43(41)44-36-19-9-10-20-37(36)47-45(46(44)51)38-21-11-12-22-42(38)52-47/h1-8,10-18,20-29H,9,19H2. The van der Waals surface area contributed by atoms with E-state index in [9.17, 15) is 0 Å². The van der Waals surface area contributed by atoms with E-state index >= 15 is 0 Å². The van der Waals surface area contributed by atoms with Crippen molar-refractivity contribution in [3.63, 3.8) is 0 Å². The quantitative estimate of drug-likeness (QED) is 0.185. The maximum absolute atomic E-state index is 5.12. The third-order valence-electron chi connectivity index (χ3n) is 10.7. The van der Waals surface area contributed by atoms with E-state index in [4.69, 9.17) is 9.97 Å². The predicted molar refractivity (Wildman–Crippen MR) is 220 cm³/mol. The van der Waals surface area contributed by atoms with Gasteiger partial charge in [-0.05, 0) is 65.1 Å². The molecule has 1 aliphatic rings. The predicted octanol–water partition coefficient (Wildman–Crippen LogP) is 13.1. The average molecular weight is 682 g/mol. The molecule has 0 bridgehead atoms. The highest BCUT2D eigenvalue weighted by Crippen LogP contribution is 2.49. The SMILES string of the molecule is C1=Cc2c(c3c4c5ccccc5ccc4n(-c4ccc(-c5cc(-c6ccccc6)nc(-c6ccccc6)n5)cc4)c3c3c2sc2ccccc23)CC1. The Balaban J connectivity index is 1.19. The molecule has 11 rings (SSSR count). The molecule has 0 unspecified atom stereocenters. The lowest BCUT2D eigenvalue weighted by molar-refractivity contribution is 1.00. The van der Waals surface area contributed by atoms with E-state index in [0.29, 0.717) is 0 Å². The van der Waals surface area contributed by atoms with Gasteiger partial charge in [0.05, 0.1) is 22.4 Å². The maximum Gasteiger partial charge on any atom is 0.160 e. The van der Waals surface area contributed by atoms with Gasteiger partial charge in [-0.1, -0.05) is 133 Å². The third-order valence-corrected chi connectivity index (χ3v) is 11.9. The summed E-state index contributed by atoms with van der Waals surface area (Å²) in [5.74, 6) is 0.723. The molecule has 0 saturated heterocycles. The van der Waals surface area contributed by atoms with Crippen LogP contribution in [0, 0.1) is 0 Å². The lowest BCUT2D eigenvalue weighted by Crippen LogP contribution is -1.99. The van der Waals surface area contributed by atoms with Gasteiger partial charge in [0.15, 0.2) is 5.82 Å². The van der Waals surface area contributed by atoms with Crippen LogP contribution in [0.4, 0.5) is 0 Å². The number of benzene rings is 7. The smallest absolute Gasteiger partial charge is 0.160 e. The third kappa shape index (κ3) is 4.44. The van der Waals surface area contributed by atoms with E-state index in [1.54, 1.807) is 0 Å². The summed E-state index contributed by atoms with van der Waals surface area (Å²) in [6.45, 7) is 0. The first-order chi connectivity index (χ1) is 25.8. The zero-order valence-corrected chi connectivity index (χ0v) is 29.1. The van der Waals surface area contributed by atoms with Crippen molar-refractivity contribution in [3.05, 3.63) is 169 Å². The van der Waals surface area contributed by atoms with E-state index in [0.717, 1.165) is 52.4 Å². The molecule has 0 radical (unpaired) electrons. The fourth-order valence-electron chi connectivity index (χ4n) is 8.31. The van der Waals surface area contributed by atoms with Gasteiger partial charge in [0.25, 0.3) is 0 Å². The van der Waals surface area contributed by atoms with Gasteiger partial charge in [-0.2, -0.15) is 0 Å². The summed E-state index contributed by atoms with van der Waals surface area (Å²) in [6, 6.07) is 54.2. The number of aryl methyl sites for hydroxylation is 1. The van der Waals surface area contributed by atoms with Gasteiger partial charge < -0.3 is 4.57 Å². The normalized spacial score (nSPS) is 12.8. The summed E-state index contributed by atoms with van der Waals surface area (Å²) in [6.07, 6.45) is 6.83. The molecule has 3 heterocycles. The Morgan fingerprint density at radius 2 is 1.23 bits per heavy atom. The highest BCUT2D eigenvalue weighted by molar-refractivity contribution is 7.26. The zero-order chi connectivity index (χ0) is 34.2. The molecule has 0 fully saturated rings. The summed E-state index contributed by atoms with van der Waals surface area (Å²) in [7, 11) is 0. The summed E-state index contributed by atoms with van der Waals surface area (Å²) >= 11 is 1.93. The molecular weight excluding hydrogens is 651 g/mol. The van der Waals surface area contributed by atoms with Crippen LogP contribution in [0.15, 0.2) is 158 Å². The highest BCUT2D eigenvalue weighted by Gasteiger charge is 2.26. The first-order valence-electron chi connectivity index (χ1n) is 17.9. The number of allylic oxidation sites excluding steroid dienone is 1. The lowest BCUT2D eigenvalue weighted by atomic mass is 9.89. The molecule has 0 N–H and O–H groups in total. The number of fused-ring (bicyclic) bond motifs is 12. The first-order valence-corrected chi connectivity index (χ1v) is 18.7. The van der Waals surface area contributed by atoms with Crippen LogP contribution in [-0.2, 0) is 6.42 Å². The van der Waals surface area contributed by atoms with Crippen LogP contribution in [0.3, 0.4) is 0 Å². The highest BCUT2D eigenvalue weighted by atomic mass is 32.1. The van der Waals surface area contributed by atoms with Crippen LogP contribution in [0.25, 0.3) is 98.4 Å². The Labute approximate surface area is 304 Å². The van der Waals surface area contributed by atoms with Crippen LogP contribution in [0.2, 0.25) is 0 Å². The molecule has 244 valence electrons. The number of nitrogens with zero attached hydrogens (tertiary/aromatic N) is 3. The Morgan fingerprint density at radius 1 is 0.558 bits per heavy atom. The molecule has 0 atom stereocenters. The second-order valence-electron chi connectivity index (χ2n) is 13.6. The minimum Gasteiger partial charge on any atom is -0.309 e. The minimum absolute atomic E-state index is 0.723. The van der Waals surface area contributed by atoms with E-state index in [1.165, 1.54) is 63.9 Å². The van der Waals surface area contributed by atoms with Gasteiger partial charge in [0.1, 0.15) is 0 Å². The molecular formula is C48H31N3S. The van der Waals surface area contributed by atoms with Crippen LogP contribution in [0.1, 0.15) is 17.5 Å². The minimum atomic E-state index is 0.723. The number of aromatic nitrogens is 3. The number of hydrogen-bond acceptors (Lipinski definition) is 3. The number of hydrogen-bond donors (Lipinski definition) is 0. The van der Waals surface area contributed by atoms with Gasteiger partial charge in [0.2, 0.25) is 0 Å². The second kappa shape index (κ2) is 11.6. The average Bonchev–Trinajstić information content (AvgIpc) is 3.79. The Bertz CT molecular complexity index is 2990. The van der Waals surface area contributed by atoms with Crippen molar-refractivity contribution in [1.29, 1.82) is 0 Å². The van der Waals surface area contributed by atoms with Crippen molar-refractivity contribution in [2.24, 2.45) is 0 Å². The molecule has 1 aliphatic carbocycles. The van der Waals surface area contributed by atoms with Crippen molar-refractivity contribution in [3.8, 4) is 39.6 Å². The molecule has 4 heteroatoms. The second-order valence-corrected chi connectivity index (χ2v) is 14.7. The Morgan fingerprint density at radius 3 is 2.02 bits per heavy atom. The fourth-order valence-corrected chi connectivity index (χ4v) is 9.57. The molecule has 0 saturated carbocycles. The van der Waals surface area contributed by atoms with Crippen LogP contribution in [0.5, 0.6) is 0 Å². The molecule has 0 aliphatic heterocycles. The van der Waals surface area contributed by atoms with Crippen molar-refractivity contribution in [2.45, 2.75) is 12.8 Å².